The highest BCUT2D eigenvalue weighted by Gasteiger charge is 2.18. The fourth-order valence-corrected chi connectivity index (χ4v) is 1.88. The lowest BCUT2D eigenvalue weighted by atomic mass is 9.99. The van der Waals surface area contributed by atoms with E-state index in [1.165, 1.54) is 18.2 Å². The van der Waals surface area contributed by atoms with Crippen LogP contribution in [0.4, 0.5) is 0 Å². The molecule has 3 heteroatoms. The topological polar surface area (TPSA) is 38.3 Å². The van der Waals surface area contributed by atoms with E-state index >= 15 is 0 Å². The van der Waals surface area contributed by atoms with Crippen LogP contribution in [0.3, 0.4) is 0 Å². The van der Waals surface area contributed by atoms with Gasteiger partial charge in [0.2, 0.25) is 0 Å². The summed E-state index contributed by atoms with van der Waals surface area (Å²) in [5.74, 6) is -0.253. The largest absolute Gasteiger partial charge is 0.465 e. The predicted molar refractivity (Wildman–Crippen MR) is 53.1 cm³/mol. The van der Waals surface area contributed by atoms with Crippen LogP contribution in [-0.2, 0) is 17.8 Å². The van der Waals surface area contributed by atoms with Crippen molar-refractivity contribution < 1.29 is 9.53 Å². The maximum atomic E-state index is 11.4. The second kappa shape index (κ2) is 3.42. The fraction of sp³-hybridized carbons (Fsp3) is 0.364. The first-order valence-electron chi connectivity index (χ1n) is 4.64. The minimum Gasteiger partial charge on any atom is -0.465 e. The number of methoxy groups -OCH3 is 1. The summed E-state index contributed by atoms with van der Waals surface area (Å²) in [6.07, 6.45) is 0. The van der Waals surface area contributed by atoms with Gasteiger partial charge < -0.3 is 10.1 Å². The van der Waals surface area contributed by atoms with Gasteiger partial charge in [-0.05, 0) is 29.7 Å². The van der Waals surface area contributed by atoms with Gasteiger partial charge in [0.25, 0.3) is 0 Å². The number of nitrogens with one attached hydrogen (secondary N) is 1. The standard InChI is InChI=1S/C11H13NO2/c1-7-9(11(13)14-2)4-3-8-5-12-6-10(7)8/h3-4,12H,5-6H2,1-2H3. The molecule has 1 N–H and O–H groups in total. The van der Waals surface area contributed by atoms with E-state index in [-0.39, 0.29) is 5.97 Å². The molecule has 0 aliphatic carbocycles. The van der Waals surface area contributed by atoms with E-state index in [1.54, 1.807) is 0 Å². The molecule has 0 atom stereocenters. The van der Waals surface area contributed by atoms with Gasteiger partial charge in [0.05, 0.1) is 12.7 Å². The average Bonchev–Trinajstić information content (AvgIpc) is 2.66. The van der Waals surface area contributed by atoms with Crippen LogP contribution < -0.4 is 5.32 Å². The summed E-state index contributed by atoms with van der Waals surface area (Å²) in [5.41, 5.74) is 4.25. The molecule has 1 aromatic carbocycles. The van der Waals surface area contributed by atoms with Crippen LogP contribution in [0.15, 0.2) is 12.1 Å². The van der Waals surface area contributed by atoms with Crippen molar-refractivity contribution in [2.24, 2.45) is 0 Å². The molecule has 0 spiro atoms. The fourth-order valence-electron chi connectivity index (χ4n) is 1.88. The Bertz CT molecular complexity index is 385. The highest BCUT2D eigenvalue weighted by Crippen LogP contribution is 2.22. The Labute approximate surface area is 83.1 Å². The van der Waals surface area contributed by atoms with Crippen molar-refractivity contribution in [3.8, 4) is 0 Å². The maximum Gasteiger partial charge on any atom is 0.338 e. The molecule has 1 aliphatic rings. The van der Waals surface area contributed by atoms with Crippen molar-refractivity contribution in [1.29, 1.82) is 0 Å². The van der Waals surface area contributed by atoms with Gasteiger partial charge in [0, 0.05) is 13.1 Å². The van der Waals surface area contributed by atoms with Crippen molar-refractivity contribution in [2.45, 2.75) is 20.0 Å². The van der Waals surface area contributed by atoms with Crippen LogP contribution >= 0.6 is 0 Å². The Morgan fingerprint density at radius 3 is 2.93 bits per heavy atom. The van der Waals surface area contributed by atoms with Gasteiger partial charge in [0.1, 0.15) is 0 Å². The zero-order valence-corrected chi connectivity index (χ0v) is 8.39. The molecule has 74 valence electrons. The Morgan fingerprint density at radius 2 is 2.21 bits per heavy atom. The molecule has 1 heterocycles. The van der Waals surface area contributed by atoms with Crippen molar-refractivity contribution in [1.82, 2.24) is 5.32 Å². The molecular formula is C11H13NO2. The van der Waals surface area contributed by atoms with Gasteiger partial charge in [-0.3, -0.25) is 0 Å². The smallest absolute Gasteiger partial charge is 0.338 e. The third kappa shape index (κ3) is 1.30. The Morgan fingerprint density at radius 1 is 1.43 bits per heavy atom. The number of carbonyl (C=O) groups excluding carboxylic acids is 1. The van der Waals surface area contributed by atoms with E-state index in [0.717, 1.165) is 18.7 Å². The van der Waals surface area contributed by atoms with Gasteiger partial charge in [0.15, 0.2) is 0 Å². The molecule has 0 fully saturated rings. The highest BCUT2D eigenvalue weighted by atomic mass is 16.5. The molecule has 1 aromatic rings. The number of rotatable bonds is 1. The monoisotopic (exact) mass is 191 g/mol. The van der Waals surface area contributed by atoms with Crippen molar-refractivity contribution >= 4 is 5.97 Å². The quantitative estimate of drug-likeness (QED) is 0.681. The molecule has 0 saturated carbocycles. The third-order valence-electron chi connectivity index (χ3n) is 2.72. The summed E-state index contributed by atoms with van der Waals surface area (Å²) in [4.78, 5) is 11.4. The van der Waals surface area contributed by atoms with Crippen molar-refractivity contribution in [3.05, 3.63) is 34.4 Å². The molecule has 0 unspecified atom stereocenters. The number of ether oxygens (including phenoxy) is 1. The van der Waals surface area contributed by atoms with Crippen molar-refractivity contribution in [3.63, 3.8) is 0 Å². The summed E-state index contributed by atoms with van der Waals surface area (Å²) in [5, 5.41) is 3.26. The molecule has 0 saturated heterocycles. The van der Waals surface area contributed by atoms with E-state index in [1.807, 2.05) is 19.1 Å². The Kier molecular flexibility index (Phi) is 2.25. The Hall–Kier alpha value is -1.35. The molecular weight excluding hydrogens is 178 g/mol. The summed E-state index contributed by atoms with van der Waals surface area (Å²) in [7, 11) is 1.41. The lowest BCUT2D eigenvalue weighted by Gasteiger charge is -2.08. The molecule has 3 nitrogen and oxygen atoms in total. The van der Waals surface area contributed by atoms with Gasteiger partial charge >= 0.3 is 5.97 Å². The van der Waals surface area contributed by atoms with Crippen LogP contribution in [0.2, 0.25) is 0 Å². The normalized spacial score (nSPS) is 13.9. The summed E-state index contributed by atoms with van der Waals surface area (Å²) >= 11 is 0. The zero-order valence-electron chi connectivity index (χ0n) is 8.39. The second-order valence-electron chi connectivity index (χ2n) is 3.47. The van der Waals surface area contributed by atoms with Gasteiger partial charge in [-0.15, -0.1) is 0 Å². The van der Waals surface area contributed by atoms with Crippen LogP contribution in [0.1, 0.15) is 27.0 Å². The van der Waals surface area contributed by atoms with Gasteiger partial charge in [-0.2, -0.15) is 0 Å². The SMILES string of the molecule is COC(=O)c1ccc2c(c1C)CNC2. The van der Waals surface area contributed by atoms with E-state index < -0.39 is 0 Å². The number of hydrogen-bond donors (Lipinski definition) is 1. The highest BCUT2D eigenvalue weighted by molar-refractivity contribution is 5.91. The minimum absolute atomic E-state index is 0.253. The van der Waals surface area contributed by atoms with E-state index in [0.29, 0.717) is 5.56 Å². The third-order valence-corrected chi connectivity index (χ3v) is 2.72. The van der Waals surface area contributed by atoms with E-state index in [9.17, 15) is 4.79 Å². The molecule has 0 bridgehead atoms. The molecule has 0 amide bonds. The number of benzene rings is 1. The van der Waals surface area contributed by atoms with Crippen LogP contribution in [0.25, 0.3) is 0 Å². The number of hydrogen-bond acceptors (Lipinski definition) is 3. The van der Waals surface area contributed by atoms with E-state index in [2.05, 4.69) is 5.32 Å². The maximum absolute atomic E-state index is 11.4. The van der Waals surface area contributed by atoms with Crippen LogP contribution in [0.5, 0.6) is 0 Å². The Balaban J connectivity index is 2.50. The first kappa shape index (κ1) is 9.21. The number of carbonyl (C=O) groups is 1. The average molecular weight is 191 g/mol. The lowest BCUT2D eigenvalue weighted by Crippen LogP contribution is -2.06. The van der Waals surface area contributed by atoms with Crippen molar-refractivity contribution in [2.75, 3.05) is 7.11 Å². The minimum atomic E-state index is -0.253. The molecule has 0 aromatic heterocycles. The van der Waals surface area contributed by atoms with Crippen LogP contribution in [-0.4, -0.2) is 13.1 Å². The summed E-state index contributed by atoms with van der Waals surface area (Å²) < 4.78 is 4.72. The lowest BCUT2D eigenvalue weighted by molar-refractivity contribution is 0.0600. The summed E-state index contributed by atoms with van der Waals surface area (Å²) in [6.45, 7) is 3.72. The predicted octanol–water partition coefficient (Wildman–Crippen LogP) is 1.38. The summed E-state index contributed by atoms with van der Waals surface area (Å²) in [6, 6.07) is 3.83. The molecule has 2 rings (SSSR count). The van der Waals surface area contributed by atoms with Gasteiger partial charge in [-0.1, -0.05) is 6.07 Å². The molecule has 0 radical (unpaired) electrons. The molecule has 14 heavy (non-hydrogen) atoms. The van der Waals surface area contributed by atoms with E-state index in [4.69, 9.17) is 4.74 Å². The first-order valence-corrected chi connectivity index (χ1v) is 4.64. The zero-order chi connectivity index (χ0) is 10.1. The van der Waals surface area contributed by atoms with Crippen LogP contribution in [0, 0.1) is 6.92 Å². The molecule has 1 aliphatic heterocycles. The second-order valence-corrected chi connectivity index (χ2v) is 3.47. The first-order chi connectivity index (χ1) is 6.74. The number of fused-ring (bicyclic) bond motifs is 1. The number of esters is 1. The van der Waals surface area contributed by atoms with Gasteiger partial charge in [-0.25, -0.2) is 4.79 Å².